The number of nitrogens with one attached hydrogen (secondary N) is 1. The van der Waals surface area contributed by atoms with Gasteiger partial charge in [-0.15, -0.1) is 0 Å². The average Bonchev–Trinajstić information content (AvgIpc) is 3.51. The molecule has 6 nitrogen and oxygen atoms in total. The third-order valence-corrected chi connectivity index (χ3v) is 8.24. The number of amides is 1. The van der Waals surface area contributed by atoms with E-state index in [1.54, 1.807) is 12.1 Å². The predicted molar refractivity (Wildman–Crippen MR) is 115 cm³/mol. The van der Waals surface area contributed by atoms with Crippen LogP contribution in [0.2, 0.25) is 0 Å². The summed E-state index contributed by atoms with van der Waals surface area (Å²) in [5.41, 5.74) is -0.224. The minimum atomic E-state index is -3.29. The number of halogens is 2. The van der Waals surface area contributed by atoms with Crippen LogP contribution in [0.1, 0.15) is 44.1 Å². The molecule has 32 heavy (non-hydrogen) atoms. The number of anilines is 1. The van der Waals surface area contributed by atoms with Crippen molar-refractivity contribution in [3.63, 3.8) is 0 Å². The Morgan fingerprint density at radius 1 is 1.09 bits per heavy atom. The summed E-state index contributed by atoms with van der Waals surface area (Å²) >= 11 is 0. The molecule has 3 fully saturated rings. The summed E-state index contributed by atoms with van der Waals surface area (Å²) in [4.78, 5) is 19.9. The Morgan fingerprint density at radius 3 is 2.31 bits per heavy atom. The first kappa shape index (κ1) is 21.3. The Bertz CT molecular complexity index is 1150. The molecule has 1 amide bonds. The molecular formula is C23H25F2N3O3S. The highest BCUT2D eigenvalue weighted by Gasteiger charge is 2.52. The molecule has 2 unspecified atom stereocenters. The maximum absolute atomic E-state index is 13.7. The van der Waals surface area contributed by atoms with Crippen LogP contribution < -0.4 is 10.2 Å². The van der Waals surface area contributed by atoms with Gasteiger partial charge in [-0.3, -0.25) is 4.79 Å². The number of piperidine rings is 1. The molecule has 2 aromatic rings. The molecule has 2 saturated heterocycles. The fourth-order valence-electron chi connectivity index (χ4n) is 5.30. The lowest BCUT2D eigenvalue weighted by atomic mass is 9.92. The smallest absolute Gasteiger partial charge is 0.230 e. The number of rotatable bonds is 5. The van der Waals surface area contributed by atoms with Crippen molar-refractivity contribution in [3.8, 4) is 0 Å². The summed E-state index contributed by atoms with van der Waals surface area (Å²) in [5.74, 6) is -1.19. The largest absolute Gasteiger partial charge is 0.352 e. The molecular weight excluding hydrogens is 436 g/mol. The van der Waals surface area contributed by atoms with Gasteiger partial charge in [0.05, 0.1) is 10.3 Å². The lowest BCUT2D eigenvalue weighted by molar-refractivity contribution is -0.124. The first-order valence-corrected chi connectivity index (χ1v) is 12.8. The number of nitrogens with zero attached hydrogens (tertiary/aromatic N) is 2. The van der Waals surface area contributed by atoms with Crippen LogP contribution >= 0.6 is 0 Å². The summed E-state index contributed by atoms with van der Waals surface area (Å²) in [7, 11) is -3.29. The van der Waals surface area contributed by atoms with Crippen LogP contribution in [0.5, 0.6) is 0 Å². The molecule has 2 bridgehead atoms. The van der Waals surface area contributed by atoms with E-state index in [4.69, 9.17) is 0 Å². The second-order valence-corrected chi connectivity index (χ2v) is 11.3. The number of hydrogen-bond donors (Lipinski definition) is 1. The third-order valence-electron chi connectivity index (χ3n) is 7.14. The number of carbonyl (C=O) groups is 1. The molecule has 2 aliphatic heterocycles. The minimum absolute atomic E-state index is 0.00862. The van der Waals surface area contributed by atoms with Gasteiger partial charge in [-0.1, -0.05) is 6.07 Å². The van der Waals surface area contributed by atoms with E-state index in [1.165, 1.54) is 12.3 Å². The van der Waals surface area contributed by atoms with Crippen LogP contribution in [-0.4, -0.2) is 43.7 Å². The minimum Gasteiger partial charge on any atom is -0.352 e. The fraction of sp³-hybridized carbons (Fsp3) is 0.478. The van der Waals surface area contributed by atoms with Gasteiger partial charge in [0.25, 0.3) is 0 Å². The summed E-state index contributed by atoms with van der Waals surface area (Å²) in [6.07, 6.45) is 7.34. The van der Waals surface area contributed by atoms with Crippen molar-refractivity contribution in [2.24, 2.45) is 0 Å². The Hall–Kier alpha value is -2.55. The zero-order chi connectivity index (χ0) is 22.7. The monoisotopic (exact) mass is 461 g/mol. The van der Waals surface area contributed by atoms with Crippen LogP contribution in [0, 0.1) is 11.6 Å². The Balaban J connectivity index is 1.28. The van der Waals surface area contributed by atoms with Gasteiger partial charge in [-0.05, 0) is 68.4 Å². The number of carbonyl (C=O) groups excluding carboxylic acids is 1. The van der Waals surface area contributed by atoms with Crippen molar-refractivity contribution in [2.75, 3.05) is 11.2 Å². The van der Waals surface area contributed by atoms with E-state index in [1.807, 2.05) is 0 Å². The highest BCUT2D eigenvalue weighted by molar-refractivity contribution is 7.90. The van der Waals surface area contributed by atoms with Crippen LogP contribution in [-0.2, 0) is 20.0 Å². The number of pyridine rings is 1. The first-order chi connectivity index (χ1) is 15.2. The molecule has 1 aromatic carbocycles. The predicted octanol–water partition coefficient (Wildman–Crippen LogP) is 3.11. The quantitative estimate of drug-likeness (QED) is 0.740. The zero-order valence-electron chi connectivity index (χ0n) is 17.7. The molecule has 5 rings (SSSR count). The molecule has 1 saturated carbocycles. The van der Waals surface area contributed by atoms with Gasteiger partial charge in [0.2, 0.25) is 5.91 Å². The highest BCUT2D eigenvalue weighted by atomic mass is 32.2. The topological polar surface area (TPSA) is 79.4 Å². The number of sulfone groups is 1. The molecule has 9 heteroatoms. The van der Waals surface area contributed by atoms with E-state index in [9.17, 15) is 22.0 Å². The van der Waals surface area contributed by atoms with Crippen LogP contribution in [0.3, 0.4) is 0 Å². The lowest BCUT2D eigenvalue weighted by Crippen LogP contribution is -2.52. The van der Waals surface area contributed by atoms with E-state index < -0.39 is 26.9 Å². The molecule has 3 aliphatic rings. The van der Waals surface area contributed by atoms with Crippen LogP contribution in [0.25, 0.3) is 0 Å². The van der Waals surface area contributed by atoms with E-state index in [-0.39, 0.29) is 28.9 Å². The second-order valence-electron chi connectivity index (χ2n) is 9.27. The van der Waals surface area contributed by atoms with Gasteiger partial charge in [-0.25, -0.2) is 22.2 Å². The molecule has 0 spiro atoms. The number of fused-ring (bicyclic) bond motifs is 2. The maximum Gasteiger partial charge on any atom is 0.230 e. The standard InChI is InChI=1S/C23H25F2N3O3S/c1-32(30,31)18-5-7-21(26-13-18)28-16-3-4-17(28)12-15(11-16)27-22(29)23(8-9-23)14-2-6-19(24)20(25)10-14/h2,5-7,10,13,15-17H,3-4,8-9,11-12H2,1H3,(H,27,29). The second kappa shape index (κ2) is 7.50. The Morgan fingerprint density at radius 2 is 1.78 bits per heavy atom. The maximum atomic E-state index is 13.7. The SMILES string of the molecule is CS(=O)(=O)c1ccc(N2C3CCC2CC(NC(=O)C2(c4ccc(F)c(F)c4)CC2)C3)nc1. The van der Waals surface area contributed by atoms with Gasteiger partial charge in [-0.2, -0.15) is 0 Å². The van der Waals surface area contributed by atoms with Crippen molar-refractivity contribution in [3.05, 3.63) is 53.7 Å². The van der Waals surface area contributed by atoms with Gasteiger partial charge in [0.1, 0.15) is 5.82 Å². The Labute approximate surface area is 185 Å². The van der Waals surface area contributed by atoms with Crippen molar-refractivity contribution in [1.29, 1.82) is 0 Å². The summed E-state index contributed by atoms with van der Waals surface area (Å²) in [6.45, 7) is 0. The molecule has 2 atom stereocenters. The van der Waals surface area contributed by atoms with Gasteiger partial charge >= 0.3 is 0 Å². The van der Waals surface area contributed by atoms with Gasteiger partial charge < -0.3 is 10.2 Å². The molecule has 3 heterocycles. The molecule has 1 N–H and O–H groups in total. The van der Waals surface area contributed by atoms with E-state index >= 15 is 0 Å². The molecule has 170 valence electrons. The zero-order valence-corrected chi connectivity index (χ0v) is 18.5. The summed E-state index contributed by atoms with van der Waals surface area (Å²) in [5, 5.41) is 3.17. The van der Waals surface area contributed by atoms with Crippen LogP contribution in [0.4, 0.5) is 14.6 Å². The molecule has 1 aliphatic carbocycles. The van der Waals surface area contributed by atoms with Crippen LogP contribution in [0.15, 0.2) is 41.4 Å². The van der Waals surface area contributed by atoms with E-state index in [2.05, 4.69) is 15.2 Å². The van der Waals surface area contributed by atoms with Crippen molar-refractivity contribution >= 4 is 21.6 Å². The first-order valence-electron chi connectivity index (χ1n) is 10.9. The van der Waals surface area contributed by atoms with Crippen molar-refractivity contribution in [1.82, 2.24) is 10.3 Å². The summed E-state index contributed by atoms with van der Waals surface area (Å²) in [6, 6.07) is 7.51. The van der Waals surface area contributed by atoms with Gasteiger partial charge in [0.15, 0.2) is 21.5 Å². The molecule has 0 radical (unpaired) electrons. The number of benzene rings is 1. The number of aromatic nitrogens is 1. The summed E-state index contributed by atoms with van der Waals surface area (Å²) < 4.78 is 50.4. The van der Waals surface area contributed by atoms with Gasteiger partial charge in [0, 0.05) is 30.6 Å². The third kappa shape index (κ3) is 3.66. The number of hydrogen-bond acceptors (Lipinski definition) is 5. The fourth-order valence-corrected chi connectivity index (χ4v) is 5.86. The lowest BCUT2D eigenvalue weighted by Gasteiger charge is -2.40. The van der Waals surface area contributed by atoms with Crippen molar-refractivity contribution < 1.29 is 22.0 Å². The van der Waals surface area contributed by atoms with E-state index in [0.29, 0.717) is 18.4 Å². The van der Waals surface area contributed by atoms with E-state index in [0.717, 1.165) is 49.9 Å². The van der Waals surface area contributed by atoms with Crippen molar-refractivity contribution in [2.45, 2.75) is 67.0 Å². The normalized spacial score (nSPS) is 26.1. The highest BCUT2D eigenvalue weighted by Crippen LogP contribution is 2.49. The average molecular weight is 462 g/mol. The molecule has 1 aromatic heterocycles. The Kier molecular flexibility index (Phi) is 5.00.